The van der Waals surface area contributed by atoms with E-state index in [4.69, 9.17) is 10.5 Å². The van der Waals surface area contributed by atoms with E-state index >= 15 is 0 Å². The van der Waals surface area contributed by atoms with E-state index in [1.165, 1.54) is 5.56 Å². The van der Waals surface area contributed by atoms with Crippen LogP contribution in [0.4, 0.5) is 0 Å². The first-order valence-corrected chi connectivity index (χ1v) is 6.22. The van der Waals surface area contributed by atoms with E-state index in [-0.39, 0.29) is 0 Å². The third-order valence-electron chi connectivity index (χ3n) is 3.19. The quantitative estimate of drug-likeness (QED) is 0.811. The van der Waals surface area contributed by atoms with Gasteiger partial charge >= 0.3 is 0 Å². The minimum absolute atomic E-state index is 0.561. The lowest BCUT2D eigenvalue weighted by molar-refractivity contribution is 0.133. The van der Waals surface area contributed by atoms with E-state index in [2.05, 4.69) is 21.5 Å². The van der Waals surface area contributed by atoms with E-state index in [1.54, 1.807) is 0 Å². The summed E-state index contributed by atoms with van der Waals surface area (Å²) in [5, 5.41) is 0. The third-order valence-corrected chi connectivity index (χ3v) is 3.19. The summed E-state index contributed by atoms with van der Waals surface area (Å²) in [4.78, 5) is 8.88. The summed E-state index contributed by atoms with van der Waals surface area (Å²) >= 11 is 0. The van der Waals surface area contributed by atoms with Crippen molar-refractivity contribution in [1.82, 2.24) is 14.5 Å². The molecular formula is C13H20N4O. The minimum atomic E-state index is 0.561. The molecule has 98 valence electrons. The van der Waals surface area contributed by atoms with Crippen molar-refractivity contribution in [1.29, 1.82) is 0 Å². The number of hydrogen-bond donors (Lipinski definition) is 1. The van der Waals surface area contributed by atoms with Crippen molar-refractivity contribution in [3.63, 3.8) is 0 Å². The number of aromatic nitrogens is 3. The lowest BCUT2D eigenvalue weighted by Crippen LogP contribution is -2.13. The highest BCUT2D eigenvalue weighted by Crippen LogP contribution is 2.20. The summed E-state index contributed by atoms with van der Waals surface area (Å²) < 4.78 is 7.63. The van der Waals surface area contributed by atoms with Gasteiger partial charge in [0.1, 0.15) is 11.3 Å². The molecule has 2 aromatic heterocycles. The standard InChI is InChI=1S/C13H20N4O/c1-9-10(2)15-8-12-13(9)17(11(3)16-12)5-7-18-6-4-14/h8H,4-7,14H2,1-3H3. The van der Waals surface area contributed by atoms with Crippen molar-refractivity contribution in [2.45, 2.75) is 27.3 Å². The van der Waals surface area contributed by atoms with Crippen LogP contribution in [-0.4, -0.2) is 34.3 Å². The van der Waals surface area contributed by atoms with E-state index in [0.717, 1.165) is 29.1 Å². The second-order valence-electron chi connectivity index (χ2n) is 4.41. The van der Waals surface area contributed by atoms with Gasteiger partial charge in [0, 0.05) is 18.8 Å². The normalized spacial score (nSPS) is 11.3. The Morgan fingerprint density at radius 3 is 2.78 bits per heavy atom. The van der Waals surface area contributed by atoms with Crippen LogP contribution in [0.25, 0.3) is 11.0 Å². The molecule has 2 rings (SSSR count). The van der Waals surface area contributed by atoms with Crippen LogP contribution < -0.4 is 5.73 Å². The largest absolute Gasteiger partial charge is 0.378 e. The van der Waals surface area contributed by atoms with Crippen LogP contribution in [0, 0.1) is 20.8 Å². The highest BCUT2D eigenvalue weighted by Gasteiger charge is 2.11. The van der Waals surface area contributed by atoms with Gasteiger partial charge in [0.15, 0.2) is 0 Å². The summed E-state index contributed by atoms with van der Waals surface area (Å²) in [5.74, 6) is 0.997. The number of fused-ring (bicyclic) bond motifs is 1. The minimum Gasteiger partial charge on any atom is -0.378 e. The number of pyridine rings is 1. The fourth-order valence-corrected chi connectivity index (χ4v) is 2.11. The number of imidazole rings is 1. The average Bonchev–Trinajstić information content (AvgIpc) is 2.67. The number of ether oxygens (including phenoxy) is 1. The van der Waals surface area contributed by atoms with Crippen molar-refractivity contribution in [2.24, 2.45) is 5.73 Å². The van der Waals surface area contributed by atoms with Gasteiger partial charge in [-0.3, -0.25) is 4.98 Å². The number of aryl methyl sites for hydroxylation is 3. The van der Waals surface area contributed by atoms with Gasteiger partial charge in [-0.05, 0) is 26.3 Å². The maximum Gasteiger partial charge on any atom is 0.107 e. The van der Waals surface area contributed by atoms with Crippen LogP contribution in [-0.2, 0) is 11.3 Å². The van der Waals surface area contributed by atoms with Crippen LogP contribution in [0.1, 0.15) is 17.1 Å². The summed E-state index contributed by atoms with van der Waals surface area (Å²) in [5.41, 5.74) is 9.75. The zero-order valence-electron chi connectivity index (χ0n) is 11.2. The molecule has 0 bridgehead atoms. The molecular weight excluding hydrogens is 228 g/mol. The Morgan fingerprint density at radius 1 is 1.28 bits per heavy atom. The topological polar surface area (TPSA) is 66.0 Å². The second kappa shape index (κ2) is 5.46. The van der Waals surface area contributed by atoms with Crippen molar-refractivity contribution < 1.29 is 4.74 Å². The molecule has 0 aliphatic rings. The first-order valence-electron chi connectivity index (χ1n) is 6.22. The molecule has 18 heavy (non-hydrogen) atoms. The van der Waals surface area contributed by atoms with E-state index in [9.17, 15) is 0 Å². The molecule has 2 heterocycles. The Hall–Kier alpha value is -1.46. The molecule has 0 radical (unpaired) electrons. The highest BCUT2D eigenvalue weighted by atomic mass is 16.5. The van der Waals surface area contributed by atoms with Gasteiger partial charge in [-0.1, -0.05) is 0 Å². The maximum absolute atomic E-state index is 5.44. The van der Waals surface area contributed by atoms with Gasteiger partial charge in [0.2, 0.25) is 0 Å². The molecule has 0 aliphatic heterocycles. The summed E-state index contributed by atoms with van der Waals surface area (Å²) in [7, 11) is 0. The van der Waals surface area contributed by atoms with Gasteiger partial charge in [-0.15, -0.1) is 0 Å². The van der Waals surface area contributed by atoms with Crippen LogP contribution in [0.3, 0.4) is 0 Å². The summed E-state index contributed by atoms with van der Waals surface area (Å²) in [6.07, 6.45) is 1.84. The lowest BCUT2D eigenvalue weighted by atomic mass is 10.2. The second-order valence-corrected chi connectivity index (χ2v) is 4.41. The molecule has 0 unspecified atom stereocenters. The molecule has 0 amide bonds. The Bertz CT molecular complexity index is 547. The Labute approximate surface area is 107 Å². The van der Waals surface area contributed by atoms with Gasteiger partial charge in [-0.2, -0.15) is 0 Å². The number of nitrogens with zero attached hydrogens (tertiary/aromatic N) is 3. The fourth-order valence-electron chi connectivity index (χ4n) is 2.11. The zero-order chi connectivity index (χ0) is 13.1. The number of rotatable bonds is 5. The van der Waals surface area contributed by atoms with Crippen LogP contribution >= 0.6 is 0 Å². The smallest absolute Gasteiger partial charge is 0.107 e. The first-order chi connectivity index (χ1) is 8.65. The molecule has 2 N–H and O–H groups in total. The molecule has 0 spiro atoms. The number of hydrogen-bond acceptors (Lipinski definition) is 4. The van der Waals surface area contributed by atoms with Crippen LogP contribution in [0.5, 0.6) is 0 Å². The SMILES string of the molecule is Cc1ncc2nc(C)n(CCOCCN)c2c1C. The molecule has 0 aliphatic carbocycles. The van der Waals surface area contributed by atoms with Gasteiger partial charge in [0.25, 0.3) is 0 Å². The van der Waals surface area contributed by atoms with Crippen LogP contribution in [0.2, 0.25) is 0 Å². The van der Waals surface area contributed by atoms with Crippen molar-refractivity contribution in [2.75, 3.05) is 19.8 Å². The lowest BCUT2D eigenvalue weighted by Gasteiger charge is -2.09. The Morgan fingerprint density at radius 2 is 2.06 bits per heavy atom. The van der Waals surface area contributed by atoms with Crippen molar-refractivity contribution in [3.05, 3.63) is 23.3 Å². The molecule has 0 atom stereocenters. The molecule has 5 heteroatoms. The third kappa shape index (κ3) is 2.37. The predicted molar refractivity (Wildman–Crippen MR) is 71.6 cm³/mol. The monoisotopic (exact) mass is 248 g/mol. The van der Waals surface area contributed by atoms with Crippen molar-refractivity contribution in [3.8, 4) is 0 Å². The average molecular weight is 248 g/mol. The van der Waals surface area contributed by atoms with Gasteiger partial charge in [0.05, 0.1) is 24.9 Å². The highest BCUT2D eigenvalue weighted by molar-refractivity contribution is 5.79. The molecule has 5 nitrogen and oxygen atoms in total. The zero-order valence-corrected chi connectivity index (χ0v) is 11.2. The van der Waals surface area contributed by atoms with Gasteiger partial charge < -0.3 is 15.0 Å². The molecule has 0 fully saturated rings. The van der Waals surface area contributed by atoms with E-state index in [1.807, 2.05) is 20.0 Å². The fraction of sp³-hybridized carbons (Fsp3) is 0.538. The predicted octanol–water partition coefficient (Wildman–Crippen LogP) is 1.33. The van der Waals surface area contributed by atoms with E-state index < -0.39 is 0 Å². The maximum atomic E-state index is 5.44. The Balaban J connectivity index is 2.31. The Kier molecular flexibility index (Phi) is 3.93. The summed E-state index contributed by atoms with van der Waals surface area (Å²) in [6, 6.07) is 0. The molecule has 2 aromatic rings. The van der Waals surface area contributed by atoms with Crippen molar-refractivity contribution >= 4 is 11.0 Å². The molecule has 0 saturated carbocycles. The van der Waals surface area contributed by atoms with Gasteiger partial charge in [-0.25, -0.2) is 4.98 Å². The first kappa shape index (κ1) is 13.0. The molecule has 0 saturated heterocycles. The molecule has 0 aromatic carbocycles. The number of nitrogens with two attached hydrogens (primary N) is 1. The van der Waals surface area contributed by atoms with E-state index in [0.29, 0.717) is 19.8 Å². The van der Waals surface area contributed by atoms with Crippen LogP contribution in [0.15, 0.2) is 6.20 Å². The summed E-state index contributed by atoms with van der Waals surface area (Å²) in [6.45, 7) is 8.74.